The maximum atomic E-state index is 12.7. The van der Waals surface area contributed by atoms with Crippen LogP contribution in [0.4, 0.5) is 11.4 Å². The van der Waals surface area contributed by atoms with Crippen molar-refractivity contribution in [3.8, 4) is 0 Å². The van der Waals surface area contributed by atoms with Crippen LogP contribution in [0.15, 0.2) is 42.5 Å². The van der Waals surface area contributed by atoms with E-state index in [4.69, 9.17) is 0 Å². The lowest BCUT2D eigenvalue weighted by Gasteiger charge is -2.18. The van der Waals surface area contributed by atoms with E-state index in [0.717, 1.165) is 32.2 Å². The SMILES string of the molecule is Cc1ccc(C(=O)Nc2ccccc2C(=O)N2CCCC2)cc1NS(C)(=O)=O. The number of carbonyl (C=O) groups is 2. The van der Waals surface area contributed by atoms with Crippen LogP contribution in [0.2, 0.25) is 0 Å². The van der Waals surface area contributed by atoms with Crippen LogP contribution in [0, 0.1) is 6.92 Å². The molecule has 3 rings (SSSR count). The van der Waals surface area contributed by atoms with Crippen LogP contribution in [0.1, 0.15) is 39.1 Å². The average Bonchev–Trinajstić information content (AvgIpc) is 3.17. The highest BCUT2D eigenvalue weighted by Crippen LogP contribution is 2.22. The molecular formula is C20H23N3O4S. The molecule has 1 heterocycles. The van der Waals surface area contributed by atoms with Crippen LogP contribution in [-0.4, -0.2) is 44.5 Å². The van der Waals surface area contributed by atoms with E-state index < -0.39 is 15.9 Å². The number of rotatable bonds is 5. The Bertz CT molecular complexity index is 1010. The number of hydrogen-bond acceptors (Lipinski definition) is 4. The number of aryl methyl sites for hydroxylation is 1. The van der Waals surface area contributed by atoms with Crippen LogP contribution in [0.5, 0.6) is 0 Å². The first-order valence-electron chi connectivity index (χ1n) is 9.03. The highest BCUT2D eigenvalue weighted by molar-refractivity contribution is 7.92. The number of nitrogens with zero attached hydrogens (tertiary/aromatic N) is 1. The first kappa shape index (κ1) is 19.9. The monoisotopic (exact) mass is 401 g/mol. The Kier molecular flexibility index (Phi) is 5.69. The lowest BCUT2D eigenvalue weighted by molar-refractivity contribution is 0.0794. The van der Waals surface area contributed by atoms with Crippen molar-refractivity contribution in [3.05, 3.63) is 59.2 Å². The maximum Gasteiger partial charge on any atom is 0.255 e. The Hall–Kier alpha value is -2.87. The van der Waals surface area contributed by atoms with E-state index in [0.29, 0.717) is 28.1 Å². The van der Waals surface area contributed by atoms with E-state index in [1.807, 2.05) is 0 Å². The molecule has 1 aliphatic heterocycles. The van der Waals surface area contributed by atoms with Gasteiger partial charge in [-0.15, -0.1) is 0 Å². The second-order valence-electron chi connectivity index (χ2n) is 6.90. The van der Waals surface area contributed by atoms with Gasteiger partial charge in [0.15, 0.2) is 0 Å². The minimum absolute atomic E-state index is 0.100. The van der Waals surface area contributed by atoms with E-state index in [2.05, 4.69) is 10.0 Å². The average molecular weight is 401 g/mol. The van der Waals surface area contributed by atoms with Gasteiger partial charge in [0.2, 0.25) is 10.0 Å². The zero-order chi connectivity index (χ0) is 20.3. The molecule has 0 radical (unpaired) electrons. The number of carbonyl (C=O) groups excluding carboxylic acids is 2. The summed E-state index contributed by atoms with van der Waals surface area (Å²) in [6, 6.07) is 11.7. The molecule has 8 heteroatoms. The Morgan fingerprint density at radius 1 is 1.00 bits per heavy atom. The number of amides is 2. The quantitative estimate of drug-likeness (QED) is 0.805. The fourth-order valence-electron chi connectivity index (χ4n) is 3.14. The molecule has 7 nitrogen and oxygen atoms in total. The molecule has 0 unspecified atom stereocenters. The molecule has 1 fully saturated rings. The second kappa shape index (κ2) is 8.02. The standard InChI is InChI=1S/C20H23N3O4S/c1-14-9-10-15(13-18(14)22-28(2,26)27)19(24)21-17-8-4-3-7-16(17)20(25)23-11-5-6-12-23/h3-4,7-10,13,22H,5-6,11-12H2,1-2H3,(H,21,24). The second-order valence-corrected chi connectivity index (χ2v) is 8.65. The molecule has 28 heavy (non-hydrogen) atoms. The van der Waals surface area contributed by atoms with E-state index in [9.17, 15) is 18.0 Å². The lowest BCUT2D eigenvalue weighted by Crippen LogP contribution is -2.28. The number of likely N-dealkylation sites (tertiary alicyclic amines) is 1. The summed E-state index contributed by atoms with van der Waals surface area (Å²) < 4.78 is 25.4. The summed E-state index contributed by atoms with van der Waals surface area (Å²) in [6.07, 6.45) is 3.03. The van der Waals surface area contributed by atoms with Gasteiger partial charge in [0.05, 0.1) is 23.2 Å². The Morgan fingerprint density at radius 2 is 1.68 bits per heavy atom. The van der Waals surface area contributed by atoms with Crippen molar-refractivity contribution in [2.24, 2.45) is 0 Å². The van der Waals surface area contributed by atoms with Crippen LogP contribution in [0.25, 0.3) is 0 Å². The van der Waals surface area contributed by atoms with Crippen molar-refractivity contribution < 1.29 is 18.0 Å². The molecule has 0 bridgehead atoms. The van der Waals surface area contributed by atoms with E-state index >= 15 is 0 Å². The summed E-state index contributed by atoms with van der Waals surface area (Å²) in [7, 11) is -3.46. The van der Waals surface area contributed by atoms with Gasteiger partial charge in [-0.25, -0.2) is 8.42 Å². The zero-order valence-electron chi connectivity index (χ0n) is 15.9. The van der Waals surface area contributed by atoms with Crippen molar-refractivity contribution in [2.45, 2.75) is 19.8 Å². The van der Waals surface area contributed by atoms with E-state index in [1.165, 1.54) is 6.07 Å². The summed E-state index contributed by atoms with van der Waals surface area (Å²) in [6.45, 7) is 3.19. The van der Waals surface area contributed by atoms with Gasteiger partial charge in [-0.2, -0.15) is 0 Å². The number of hydrogen-bond donors (Lipinski definition) is 2. The van der Waals surface area contributed by atoms with Gasteiger partial charge in [0, 0.05) is 18.7 Å². The number of anilines is 2. The van der Waals surface area contributed by atoms with Gasteiger partial charge < -0.3 is 10.2 Å². The molecule has 0 aromatic heterocycles. The van der Waals surface area contributed by atoms with Crippen LogP contribution in [0.3, 0.4) is 0 Å². The van der Waals surface area contributed by atoms with Crippen molar-refractivity contribution in [2.75, 3.05) is 29.4 Å². The minimum atomic E-state index is -3.46. The smallest absolute Gasteiger partial charge is 0.255 e. The van der Waals surface area contributed by atoms with Crippen molar-refractivity contribution in [1.29, 1.82) is 0 Å². The molecule has 2 N–H and O–H groups in total. The van der Waals surface area contributed by atoms with E-state index in [-0.39, 0.29) is 5.91 Å². The summed E-state index contributed by atoms with van der Waals surface area (Å²) in [5.41, 5.74) is 2.21. The van der Waals surface area contributed by atoms with Crippen LogP contribution >= 0.6 is 0 Å². The van der Waals surface area contributed by atoms with E-state index in [1.54, 1.807) is 48.2 Å². The van der Waals surface area contributed by atoms with Crippen molar-refractivity contribution in [3.63, 3.8) is 0 Å². The summed E-state index contributed by atoms with van der Waals surface area (Å²) in [4.78, 5) is 27.2. The molecule has 1 saturated heterocycles. The predicted molar refractivity (Wildman–Crippen MR) is 109 cm³/mol. The largest absolute Gasteiger partial charge is 0.339 e. The number of nitrogens with one attached hydrogen (secondary N) is 2. The Balaban J connectivity index is 1.84. The van der Waals surface area contributed by atoms with Gasteiger partial charge in [-0.3, -0.25) is 14.3 Å². The number of sulfonamides is 1. The first-order valence-corrected chi connectivity index (χ1v) is 10.9. The van der Waals surface area contributed by atoms with Crippen molar-refractivity contribution >= 4 is 33.2 Å². The molecule has 0 spiro atoms. The third-order valence-electron chi connectivity index (χ3n) is 4.59. The fourth-order valence-corrected chi connectivity index (χ4v) is 3.76. The number of para-hydroxylation sites is 1. The highest BCUT2D eigenvalue weighted by Gasteiger charge is 2.22. The zero-order valence-corrected chi connectivity index (χ0v) is 16.7. The van der Waals surface area contributed by atoms with Gasteiger partial charge in [-0.05, 0) is 49.6 Å². The normalized spacial score (nSPS) is 14.0. The Labute approximate surface area is 164 Å². The number of benzene rings is 2. The lowest BCUT2D eigenvalue weighted by atomic mass is 10.1. The van der Waals surface area contributed by atoms with Gasteiger partial charge in [-0.1, -0.05) is 18.2 Å². The molecule has 2 amide bonds. The molecule has 0 aliphatic carbocycles. The summed E-state index contributed by atoms with van der Waals surface area (Å²) in [5, 5.41) is 2.78. The molecule has 1 aliphatic rings. The molecule has 2 aromatic carbocycles. The fraction of sp³-hybridized carbons (Fsp3) is 0.300. The van der Waals surface area contributed by atoms with Crippen LogP contribution < -0.4 is 10.0 Å². The minimum Gasteiger partial charge on any atom is -0.339 e. The molecular weight excluding hydrogens is 378 g/mol. The van der Waals surface area contributed by atoms with Gasteiger partial charge in [0.1, 0.15) is 0 Å². The molecule has 0 saturated carbocycles. The van der Waals surface area contributed by atoms with Gasteiger partial charge >= 0.3 is 0 Å². The van der Waals surface area contributed by atoms with Gasteiger partial charge in [0.25, 0.3) is 11.8 Å². The topological polar surface area (TPSA) is 95.6 Å². The predicted octanol–water partition coefficient (Wildman–Crippen LogP) is 2.85. The summed E-state index contributed by atoms with van der Waals surface area (Å²) in [5.74, 6) is -0.519. The highest BCUT2D eigenvalue weighted by atomic mass is 32.2. The van der Waals surface area contributed by atoms with Crippen LogP contribution in [-0.2, 0) is 10.0 Å². The van der Waals surface area contributed by atoms with Crippen molar-refractivity contribution in [1.82, 2.24) is 4.90 Å². The molecule has 148 valence electrons. The molecule has 0 atom stereocenters. The first-order chi connectivity index (χ1) is 13.2. The Morgan fingerprint density at radius 3 is 2.36 bits per heavy atom. The molecule has 2 aromatic rings. The third kappa shape index (κ3) is 4.69. The summed E-state index contributed by atoms with van der Waals surface area (Å²) >= 11 is 0. The maximum absolute atomic E-state index is 12.7. The third-order valence-corrected chi connectivity index (χ3v) is 5.18.